The van der Waals surface area contributed by atoms with Gasteiger partial charge in [0.1, 0.15) is 5.82 Å². The van der Waals surface area contributed by atoms with E-state index >= 15 is 0 Å². The van der Waals surface area contributed by atoms with Crippen LogP contribution in [0.3, 0.4) is 0 Å². The van der Waals surface area contributed by atoms with Crippen LogP contribution in [0.4, 0.5) is 0 Å². The smallest absolute Gasteiger partial charge is 0.236 e. The molecule has 2 aromatic rings. The summed E-state index contributed by atoms with van der Waals surface area (Å²) in [7, 11) is 3.54. The van der Waals surface area contributed by atoms with Crippen molar-refractivity contribution in [1.29, 1.82) is 0 Å². The quantitative estimate of drug-likeness (QED) is 0.772. The molecule has 29 heavy (non-hydrogen) atoms. The van der Waals surface area contributed by atoms with E-state index in [0.29, 0.717) is 19.6 Å². The zero-order valence-corrected chi connectivity index (χ0v) is 17.1. The van der Waals surface area contributed by atoms with Crippen molar-refractivity contribution in [2.45, 2.75) is 25.3 Å². The molecular weight excluding hydrogens is 368 g/mol. The Morgan fingerprint density at radius 3 is 2.45 bits per heavy atom. The van der Waals surface area contributed by atoms with Gasteiger partial charge in [0.15, 0.2) is 5.82 Å². The molecule has 0 spiro atoms. The summed E-state index contributed by atoms with van der Waals surface area (Å²) in [5.41, 5.74) is 1.03. The van der Waals surface area contributed by atoms with Crippen LogP contribution in [0.15, 0.2) is 30.3 Å². The Labute approximate surface area is 171 Å². The fraction of sp³-hybridized carbons (Fsp3) is 0.524. The van der Waals surface area contributed by atoms with E-state index in [2.05, 4.69) is 19.7 Å². The molecular formula is C21H28N6O2. The highest BCUT2D eigenvalue weighted by Gasteiger charge is 2.35. The second-order valence-electron chi connectivity index (χ2n) is 7.98. The first kappa shape index (κ1) is 19.6. The Bertz CT molecular complexity index is 871. The fourth-order valence-electron chi connectivity index (χ4n) is 4.09. The number of fused-ring (bicyclic) bond motifs is 1. The minimum absolute atomic E-state index is 0.0959. The molecule has 1 aromatic heterocycles. The number of nitrogens with zero attached hydrogens (tertiary/aromatic N) is 6. The number of hydrogen-bond donors (Lipinski definition) is 0. The normalized spacial score (nSPS) is 19.7. The minimum atomic E-state index is -0.233. The molecule has 1 unspecified atom stereocenters. The lowest BCUT2D eigenvalue weighted by molar-refractivity contribution is -0.136. The molecule has 1 atom stereocenters. The molecule has 0 saturated carbocycles. The number of hydrogen-bond acceptors (Lipinski definition) is 5. The summed E-state index contributed by atoms with van der Waals surface area (Å²) in [6.45, 7) is 4.00. The van der Waals surface area contributed by atoms with Gasteiger partial charge in [-0.3, -0.25) is 14.5 Å². The van der Waals surface area contributed by atoms with Gasteiger partial charge in [0.25, 0.3) is 0 Å². The van der Waals surface area contributed by atoms with Crippen LogP contribution in [0.25, 0.3) is 11.4 Å². The minimum Gasteiger partial charge on any atom is -0.348 e. The van der Waals surface area contributed by atoms with E-state index in [9.17, 15) is 9.59 Å². The van der Waals surface area contributed by atoms with Crippen LogP contribution < -0.4 is 0 Å². The van der Waals surface area contributed by atoms with Gasteiger partial charge in [-0.1, -0.05) is 30.3 Å². The molecule has 1 fully saturated rings. The van der Waals surface area contributed by atoms with E-state index in [0.717, 1.165) is 49.7 Å². The van der Waals surface area contributed by atoms with Crippen LogP contribution in [0.5, 0.6) is 0 Å². The average Bonchev–Trinajstić information content (AvgIpc) is 3.18. The predicted molar refractivity (Wildman–Crippen MR) is 109 cm³/mol. The summed E-state index contributed by atoms with van der Waals surface area (Å²) < 4.78 is 2.10. The van der Waals surface area contributed by atoms with E-state index < -0.39 is 0 Å². The number of rotatable bonds is 4. The van der Waals surface area contributed by atoms with Crippen LogP contribution in [-0.4, -0.2) is 88.1 Å². The first-order valence-corrected chi connectivity index (χ1v) is 10.2. The van der Waals surface area contributed by atoms with E-state index in [1.165, 1.54) is 0 Å². The highest BCUT2D eigenvalue weighted by atomic mass is 16.2. The first-order valence-electron chi connectivity index (χ1n) is 10.2. The first-order chi connectivity index (χ1) is 14.0. The zero-order valence-electron chi connectivity index (χ0n) is 17.1. The van der Waals surface area contributed by atoms with Gasteiger partial charge in [0.2, 0.25) is 11.8 Å². The second-order valence-corrected chi connectivity index (χ2v) is 7.98. The van der Waals surface area contributed by atoms with Gasteiger partial charge < -0.3 is 14.4 Å². The summed E-state index contributed by atoms with van der Waals surface area (Å²) in [5.74, 6) is 1.62. The maximum atomic E-state index is 13.2. The molecule has 8 nitrogen and oxygen atoms in total. The lowest BCUT2D eigenvalue weighted by Gasteiger charge is -2.37. The van der Waals surface area contributed by atoms with E-state index in [-0.39, 0.29) is 17.7 Å². The zero-order chi connectivity index (χ0) is 20.4. The number of piperazine rings is 1. The number of likely N-dealkylation sites (N-methyl/N-ethyl adjacent to an activating group) is 1. The molecule has 8 heteroatoms. The number of amides is 2. The van der Waals surface area contributed by atoms with Gasteiger partial charge in [-0.15, -0.1) is 10.2 Å². The lowest BCUT2D eigenvalue weighted by atomic mass is 9.96. The van der Waals surface area contributed by atoms with Crippen LogP contribution in [0.2, 0.25) is 0 Å². The van der Waals surface area contributed by atoms with Crippen molar-refractivity contribution in [3.8, 4) is 11.4 Å². The molecule has 154 valence electrons. The largest absolute Gasteiger partial charge is 0.348 e. The van der Waals surface area contributed by atoms with Gasteiger partial charge in [0.05, 0.1) is 12.5 Å². The molecule has 2 amide bonds. The van der Waals surface area contributed by atoms with Crippen molar-refractivity contribution >= 4 is 11.8 Å². The highest BCUT2D eigenvalue weighted by molar-refractivity contribution is 5.83. The third-order valence-corrected chi connectivity index (χ3v) is 5.84. The van der Waals surface area contributed by atoms with Crippen molar-refractivity contribution in [3.05, 3.63) is 36.2 Å². The molecule has 3 heterocycles. The molecule has 1 saturated heterocycles. The monoisotopic (exact) mass is 396 g/mol. The van der Waals surface area contributed by atoms with E-state index in [4.69, 9.17) is 0 Å². The maximum Gasteiger partial charge on any atom is 0.236 e. The second kappa shape index (κ2) is 8.32. The van der Waals surface area contributed by atoms with Gasteiger partial charge in [-0.2, -0.15) is 0 Å². The Morgan fingerprint density at radius 2 is 1.76 bits per heavy atom. The lowest BCUT2D eigenvalue weighted by Crippen LogP contribution is -2.52. The Morgan fingerprint density at radius 1 is 1.03 bits per heavy atom. The van der Waals surface area contributed by atoms with Crippen molar-refractivity contribution < 1.29 is 9.59 Å². The van der Waals surface area contributed by atoms with Crippen LogP contribution in [-0.2, 0) is 16.1 Å². The van der Waals surface area contributed by atoms with E-state index in [1.807, 2.05) is 35.2 Å². The maximum absolute atomic E-state index is 13.2. The molecule has 0 radical (unpaired) electrons. The Hall–Kier alpha value is -2.74. The van der Waals surface area contributed by atoms with Crippen molar-refractivity contribution in [2.24, 2.45) is 0 Å². The molecule has 2 aliphatic heterocycles. The summed E-state index contributed by atoms with van der Waals surface area (Å²) in [4.78, 5) is 30.8. The molecule has 0 N–H and O–H groups in total. The van der Waals surface area contributed by atoms with Crippen molar-refractivity contribution in [3.63, 3.8) is 0 Å². The van der Waals surface area contributed by atoms with Crippen molar-refractivity contribution in [2.75, 3.05) is 46.8 Å². The Balaban J connectivity index is 1.44. The molecule has 4 rings (SSSR count). The summed E-state index contributed by atoms with van der Waals surface area (Å²) in [6, 6.07) is 10.0. The third-order valence-electron chi connectivity index (χ3n) is 5.84. The highest BCUT2D eigenvalue weighted by Crippen LogP contribution is 2.31. The number of benzene rings is 1. The van der Waals surface area contributed by atoms with Crippen molar-refractivity contribution in [1.82, 2.24) is 29.5 Å². The average molecular weight is 396 g/mol. The standard InChI is InChI=1S/C21H28N6O2/c1-24(2)18(28)15-25-11-13-26(14-12-25)21(29)17-9-6-10-27-19(22-23-20(17)27)16-7-4-3-5-8-16/h3-5,7-8,17H,6,9-15H2,1-2H3. The Kier molecular flexibility index (Phi) is 5.62. The number of carbonyl (C=O) groups excluding carboxylic acids is 2. The van der Waals surface area contributed by atoms with Gasteiger partial charge in [0, 0.05) is 52.4 Å². The van der Waals surface area contributed by atoms with Crippen LogP contribution in [0, 0.1) is 0 Å². The number of aromatic nitrogens is 3. The fourth-order valence-corrected chi connectivity index (χ4v) is 4.09. The topological polar surface area (TPSA) is 74.6 Å². The molecule has 0 bridgehead atoms. The summed E-state index contributed by atoms with van der Waals surface area (Å²) >= 11 is 0. The summed E-state index contributed by atoms with van der Waals surface area (Å²) in [6.07, 6.45) is 1.75. The van der Waals surface area contributed by atoms with Gasteiger partial charge in [-0.25, -0.2) is 0 Å². The predicted octanol–water partition coefficient (Wildman–Crippen LogP) is 1.05. The van der Waals surface area contributed by atoms with E-state index in [1.54, 1.807) is 19.0 Å². The molecule has 2 aliphatic rings. The number of carbonyl (C=O) groups is 2. The van der Waals surface area contributed by atoms with Crippen LogP contribution >= 0.6 is 0 Å². The van der Waals surface area contributed by atoms with Gasteiger partial charge >= 0.3 is 0 Å². The summed E-state index contributed by atoms with van der Waals surface area (Å²) in [5, 5.41) is 8.81. The molecule has 1 aromatic carbocycles. The van der Waals surface area contributed by atoms with Gasteiger partial charge in [-0.05, 0) is 12.8 Å². The third kappa shape index (κ3) is 4.03. The molecule has 0 aliphatic carbocycles. The SMILES string of the molecule is CN(C)C(=O)CN1CCN(C(=O)C2CCCn3c(-c4ccccc4)nnc32)CC1. The van der Waals surface area contributed by atoms with Crippen LogP contribution in [0.1, 0.15) is 24.6 Å².